The van der Waals surface area contributed by atoms with E-state index in [0.29, 0.717) is 0 Å². The molecule has 0 saturated heterocycles. The number of aliphatic carboxylic acids is 1. The molecule has 0 fully saturated rings. The maximum absolute atomic E-state index is 11.8. The van der Waals surface area contributed by atoms with Crippen molar-refractivity contribution in [1.82, 2.24) is 0 Å². The van der Waals surface area contributed by atoms with E-state index in [-0.39, 0.29) is 11.5 Å². The first-order chi connectivity index (χ1) is 7.82. The number of rotatable bonds is 5. The average Bonchev–Trinajstić information content (AvgIpc) is 2.20. The molecule has 1 aromatic carbocycles. The summed E-state index contributed by atoms with van der Waals surface area (Å²) in [6.07, 6.45) is 0. The van der Waals surface area contributed by atoms with Gasteiger partial charge >= 0.3 is 5.97 Å². The molecule has 1 unspecified atom stereocenters. The fraction of sp³-hybridized carbons (Fsp3) is 0.417. The Morgan fingerprint density at radius 2 is 1.94 bits per heavy atom. The van der Waals surface area contributed by atoms with Gasteiger partial charge in [0.05, 0.1) is 17.4 Å². The SMILES string of the molecule is Cc1ccccc1CS(=O)(=O)CC(C)C(=O)O. The summed E-state index contributed by atoms with van der Waals surface area (Å²) < 4.78 is 23.6. The zero-order chi connectivity index (χ0) is 13.1. The van der Waals surface area contributed by atoms with Gasteiger partial charge in [-0.25, -0.2) is 8.42 Å². The van der Waals surface area contributed by atoms with Crippen molar-refractivity contribution in [2.24, 2.45) is 5.92 Å². The van der Waals surface area contributed by atoms with Crippen molar-refractivity contribution in [3.63, 3.8) is 0 Å². The van der Waals surface area contributed by atoms with E-state index in [2.05, 4.69) is 0 Å². The summed E-state index contributed by atoms with van der Waals surface area (Å²) in [4.78, 5) is 10.6. The number of carboxylic acids is 1. The normalized spacial score (nSPS) is 13.3. The average molecular weight is 256 g/mol. The lowest BCUT2D eigenvalue weighted by molar-refractivity contribution is -0.140. The molecule has 0 bridgehead atoms. The summed E-state index contributed by atoms with van der Waals surface area (Å²) in [5.41, 5.74) is 1.63. The maximum atomic E-state index is 11.8. The lowest BCUT2D eigenvalue weighted by Crippen LogP contribution is -2.22. The molecule has 1 N–H and O–H groups in total. The highest BCUT2D eigenvalue weighted by Crippen LogP contribution is 2.13. The quantitative estimate of drug-likeness (QED) is 0.869. The molecule has 0 radical (unpaired) electrons. The molecule has 0 saturated carbocycles. The second kappa shape index (κ2) is 5.31. The Labute approximate surface area is 101 Å². The minimum atomic E-state index is -3.38. The van der Waals surface area contributed by atoms with Gasteiger partial charge in [0.15, 0.2) is 9.84 Å². The van der Waals surface area contributed by atoms with Crippen molar-refractivity contribution >= 4 is 15.8 Å². The first kappa shape index (κ1) is 13.7. The van der Waals surface area contributed by atoms with Gasteiger partial charge in [-0.2, -0.15) is 0 Å². The first-order valence-electron chi connectivity index (χ1n) is 5.29. The second-order valence-corrected chi connectivity index (χ2v) is 6.33. The fourth-order valence-electron chi connectivity index (χ4n) is 1.52. The Kier molecular flexibility index (Phi) is 4.28. The van der Waals surface area contributed by atoms with E-state index in [9.17, 15) is 13.2 Å². The van der Waals surface area contributed by atoms with Crippen LogP contribution in [0, 0.1) is 12.8 Å². The van der Waals surface area contributed by atoms with Crippen LogP contribution < -0.4 is 0 Å². The number of hydrogen-bond acceptors (Lipinski definition) is 3. The van der Waals surface area contributed by atoms with Crippen molar-refractivity contribution in [2.45, 2.75) is 19.6 Å². The molecule has 1 rings (SSSR count). The van der Waals surface area contributed by atoms with E-state index in [1.165, 1.54) is 6.92 Å². The van der Waals surface area contributed by atoms with E-state index < -0.39 is 21.7 Å². The summed E-state index contributed by atoms with van der Waals surface area (Å²) in [6.45, 7) is 3.24. The highest BCUT2D eigenvalue weighted by Gasteiger charge is 2.21. The van der Waals surface area contributed by atoms with E-state index in [1.807, 2.05) is 19.1 Å². The molecule has 0 aliphatic rings. The molecule has 0 aliphatic carbocycles. The van der Waals surface area contributed by atoms with Crippen molar-refractivity contribution < 1.29 is 18.3 Å². The molecule has 0 amide bonds. The maximum Gasteiger partial charge on any atom is 0.307 e. The Bertz CT molecular complexity index is 505. The Balaban J connectivity index is 2.81. The third-order valence-corrected chi connectivity index (χ3v) is 4.32. The molecular weight excluding hydrogens is 240 g/mol. The predicted octanol–water partition coefficient (Wildman–Crippen LogP) is 1.63. The van der Waals surface area contributed by atoms with Crippen LogP contribution in [-0.4, -0.2) is 25.2 Å². The van der Waals surface area contributed by atoms with Gasteiger partial charge in [-0.3, -0.25) is 4.79 Å². The molecule has 1 atom stereocenters. The summed E-state index contributed by atoms with van der Waals surface area (Å²) in [5, 5.41) is 8.70. The molecule has 0 heterocycles. The summed E-state index contributed by atoms with van der Waals surface area (Å²) in [6, 6.07) is 7.20. The molecule has 94 valence electrons. The molecule has 1 aromatic rings. The number of benzene rings is 1. The van der Waals surface area contributed by atoms with Crippen LogP contribution in [0.2, 0.25) is 0 Å². The monoisotopic (exact) mass is 256 g/mol. The van der Waals surface area contributed by atoms with E-state index in [0.717, 1.165) is 11.1 Å². The van der Waals surface area contributed by atoms with Crippen LogP contribution in [0.5, 0.6) is 0 Å². The Morgan fingerprint density at radius 1 is 1.35 bits per heavy atom. The molecule has 0 spiro atoms. The van der Waals surface area contributed by atoms with E-state index >= 15 is 0 Å². The van der Waals surface area contributed by atoms with Crippen LogP contribution in [0.4, 0.5) is 0 Å². The fourth-order valence-corrected chi connectivity index (χ4v) is 3.34. The number of hydrogen-bond donors (Lipinski definition) is 1. The molecule has 5 heteroatoms. The topological polar surface area (TPSA) is 71.4 Å². The van der Waals surface area contributed by atoms with Crippen molar-refractivity contribution in [1.29, 1.82) is 0 Å². The van der Waals surface area contributed by atoms with Gasteiger partial charge in [-0.05, 0) is 18.1 Å². The lowest BCUT2D eigenvalue weighted by Gasteiger charge is -2.09. The van der Waals surface area contributed by atoms with Crippen molar-refractivity contribution in [3.05, 3.63) is 35.4 Å². The van der Waals surface area contributed by atoms with Crippen LogP contribution in [-0.2, 0) is 20.4 Å². The van der Waals surface area contributed by atoms with E-state index in [4.69, 9.17) is 5.11 Å². The number of sulfone groups is 1. The molecule has 0 aliphatic heterocycles. The molecule has 4 nitrogen and oxygen atoms in total. The van der Waals surface area contributed by atoms with Crippen LogP contribution in [0.3, 0.4) is 0 Å². The van der Waals surface area contributed by atoms with Gasteiger partial charge in [0.2, 0.25) is 0 Å². The van der Waals surface area contributed by atoms with E-state index in [1.54, 1.807) is 12.1 Å². The van der Waals surface area contributed by atoms with Gasteiger partial charge < -0.3 is 5.11 Å². The number of carbonyl (C=O) groups is 1. The summed E-state index contributed by atoms with van der Waals surface area (Å²) in [5.74, 6) is -2.38. The lowest BCUT2D eigenvalue weighted by atomic mass is 10.1. The van der Waals surface area contributed by atoms with Gasteiger partial charge in [0.1, 0.15) is 0 Å². The first-order valence-corrected chi connectivity index (χ1v) is 7.11. The highest BCUT2D eigenvalue weighted by atomic mass is 32.2. The standard InChI is InChI=1S/C12H16O4S/c1-9-5-3-4-6-11(9)8-17(15,16)7-10(2)12(13)14/h3-6,10H,7-8H2,1-2H3,(H,13,14). The van der Waals surface area contributed by atoms with Gasteiger partial charge in [0.25, 0.3) is 0 Å². The highest BCUT2D eigenvalue weighted by molar-refractivity contribution is 7.90. The zero-order valence-electron chi connectivity index (χ0n) is 9.88. The van der Waals surface area contributed by atoms with Gasteiger partial charge in [-0.15, -0.1) is 0 Å². The van der Waals surface area contributed by atoms with Crippen LogP contribution in [0.1, 0.15) is 18.1 Å². The Hall–Kier alpha value is -1.36. The summed E-state index contributed by atoms with van der Waals surface area (Å²) >= 11 is 0. The van der Waals surface area contributed by atoms with Crippen LogP contribution in [0.25, 0.3) is 0 Å². The van der Waals surface area contributed by atoms with Gasteiger partial charge in [0, 0.05) is 0 Å². The smallest absolute Gasteiger partial charge is 0.307 e. The van der Waals surface area contributed by atoms with Crippen LogP contribution in [0.15, 0.2) is 24.3 Å². The minimum Gasteiger partial charge on any atom is -0.481 e. The predicted molar refractivity (Wildman–Crippen MR) is 65.5 cm³/mol. The largest absolute Gasteiger partial charge is 0.481 e. The van der Waals surface area contributed by atoms with Gasteiger partial charge in [-0.1, -0.05) is 31.2 Å². The minimum absolute atomic E-state index is 0.0999. The zero-order valence-corrected chi connectivity index (χ0v) is 10.7. The second-order valence-electron chi connectivity index (χ2n) is 4.22. The third kappa shape index (κ3) is 4.19. The molecule has 0 aromatic heterocycles. The van der Waals surface area contributed by atoms with Crippen molar-refractivity contribution in [2.75, 3.05) is 5.75 Å². The van der Waals surface area contributed by atoms with Crippen molar-refractivity contribution in [3.8, 4) is 0 Å². The Morgan fingerprint density at radius 3 is 2.47 bits per heavy atom. The molecule has 17 heavy (non-hydrogen) atoms. The molecular formula is C12H16O4S. The summed E-state index contributed by atoms with van der Waals surface area (Å²) in [7, 11) is -3.38. The number of aryl methyl sites for hydroxylation is 1. The number of carboxylic acid groups (broad SMARTS) is 1. The third-order valence-electron chi connectivity index (χ3n) is 2.56. The van der Waals surface area contributed by atoms with Crippen LogP contribution >= 0.6 is 0 Å².